The molecule has 1 aliphatic heterocycles. The van der Waals surface area contributed by atoms with Crippen molar-refractivity contribution in [3.63, 3.8) is 0 Å². The van der Waals surface area contributed by atoms with Crippen LogP contribution in [0.15, 0.2) is 6.33 Å². The zero-order valence-corrected chi connectivity index (χ0v) is 12.7. The Morgan fingerprint density at radius 1 is 1.48 bits per heavy atom. The molecule has 0 radical (unpaired) electrons. The van der Waals surface area contributed by atoms with Crippen molar-refractivity contribution in [2.45, 2.75) is 13.0 Å². The number of ether oxygens (including phenoxy) is 1. The summed E-state index contributed by atoms with van der Waals surface area (Å²) >= 11 is 0. The van der Waals surface area contributed by atoms with Crippen LogP contribution < -0.4 is 0 Å². The van der Waals surface area contributed by atoms with Gasteiger partial charge in [0.05, 0.1) is 25.5 Å². The normalized spacial score (nSPS) is 16.8. The van der Waals surface area contributed by atoms with Crippen LogP contribution in [0.2, 0.25) is 0 Å². The second kappa shape index (κ2) is 6.96. The van der Waals surface area contributed by atoms with Gasteiger partial charge in [-0.05, 0) is 0 Å². The van der Waals surface area contributed by atoms with Crippen molar-refractivity contribution in [1.82, 2.24) is 24.4 Å². The standard InChI is InChI=1S/C11H19N5O4S/c1-15(8-10-12-9-13-14-10)11(17)2-7-21(18,19)16-3-5-20-6-4-16/h9H,2-8H2,1H3,(H,12,13,14). The molecule has 0 spiro atoms. The van der Waals surface area contributed by atoms with E-state index in [1.165, 1.54) is 15.5 Å². The summed E-state index contributed by atoms with van der Waals surface area (Å²) in [6, 6.07) is 0. The Morgan fingerprint density at radius 2 is 2.19 bits per heavy atom. The van der Waals surface area contributed by atoms with Gasteiger partial charge in [0.25, 0.3) is 0 Å². The van der Waals surface area contributed by atoms with Crippen molar-refractivity contribution in [1.29, 1.82) is 0 Å². The first-order valence-corrected chi connectivity index (χ1v) is 8.24. The van der Waals surface area contributed by atoms with Crippen LogP contribution in [0.3, 0.4) is 0 Å². The van der Waals surface area contributed by atoms with E-state index in [4.69, 9.17) is 4.74 Å². The van der Waals surface area contributed by atoms with E-state index >= 15 is 0 Å². The van der Waals surface area contributed by atoms with E-state index in [2.05, 4.69) is 15.2 Å². The number of carbonyl (C=O) groups is 1. The van der Waals surface area contributed by atoms with Crippen molar-refractivity contribution < 1.29 is 17.9 Å². The Hall–Kier alpha value is -1.52. The molecular formula is C11H19N5O4S. The molecule has 1 aromatic rings. The van der Waals surface area contributed by atoms with Crippen molar-refractivity contribution in [3.05, 3.63) is 12.2 Å². The average Bonchev–Trinajstić information content (AvgIpc) is 2.98. The summed E-state index contributed by atoms with van der Waals surface area (Å²) in [5.74, 6) is 0.122. The second-order valence-corrected chi connectivity index (χ2v) is 6.85. The van der Waals surface area contributed by atoms with Gasteiger partial charge in [0.1, 0.15) is 12.2 Å². The fourth-order valence-electron chi connectivity index (χ4n) is 1.98. The van der Waals surface area contributed by atoms with E-state index in [1.54, 1.807) is 7.05 Å². The van der Waals surface area contributed by atoms with E-state index in [-0.39, 0.29) is 24.6 Å². The number of aromatic nitrogens is 3. The topological polar surface area (TPSA) is 108 Å². The van der Waals surface area contributed by atoms with Crippen LogP contribution in [-0.4, -0.2) is 77.8 Å². The average molecular weight is 317 g/mol. The SMILES string of the molecule is CN(Cc1ncn[nH]1)C(=O)CCS(=O)(=O)N1CCOCC1. The fourth-order valence-corrected chi connectivity index (χ4v) is 3.38. The number of sulfonamides is 1. The number of nitrogens with zero attached hydrogens (tertiary/aromatic N) is 4. The molecule has 21 heavy (non-hydrogen) atoms. The molecule has 2 rings (SSSR count). The summed E-state index contributed by atoms with van der Waals surface area (Å²) in [6.07, 6.45) is 1.31. The lowest BCUT2D eigenvalue weighted by atomic mass is 10.4. The Balaban J connectivity index is 1.82. The summed E-state index contributed by atoms with van der Waals surface area (Å²) in [7, 11) is -1.80. The Morgan fingerprint density at radius 3 is 2.81 bits per heavy atom. The van der Waals surface area contributed by atoms with E-state index < -0.39 is 10.0 Å². The number of hydrogen-bond acceptors (Lipinski definition) is 6. The molecule has 1 aliphatic rings. The van der Waals surface area contributed by atoms with Gasteiger partial charge in [0, 0.05) is 26.6 Å². The summed E-state index contributed by atoms with van der Waals surface area (Å²) in [6.45, 7) is 1.78. The number of carbonyl (C=O) groups excluding carboxylic acids is 1. The number of H-pyrrole nitrogens is 1. The van der Waals surface area contributed by atoms with Crippen LogP contribution in [0.4, 0.5) is 0 Å². The number of nitrogens with one attached hydrogen (secondary N) is 1. The highest BCUT2D eigenvalue weighted by Crippen LogP contribution is 2.08. The lowest BCUT2D eigenvalue weighted by Crippen LogP contribution is -2.42. The van der Waals surface area contributed by atoms with Crippen LogP contribution in [0.25, 0.3) is 0 Å². The largest absolute Gasteiger partial charge is 0.379 e. The van der Waals surface area contributed by atoms with Gasteiger partial charge in [-0.15, -0.1) is 0 Å². The Bertz CT molecular complexity index is 553. The van der Waals surface area contributed by atoms with Crippen molar-refractivity contribution in [2.75, 3.05) is 39.1 Å². The second-order valence-electron chi connectivity index (χ2n) is 4.76. The molecule has 1 N–H and O–H groups in total. The molecule has 0 aliphatic carbocycles. The number of amides is 1. The van der Waals surface area contributed by atoms with Crippen molar-refractivity contribution >= 4 is 15.9 Å². The van der Waals surface area contributed by atoms with Crippen LogP contribution in [0.5, 0.6) is 0 Å². The smallest absolute Gasteiger partial charge is 0.223 e. The summed E-state index contributed by atoms with van der Waals surface area (Å²) in [5.41, 5.74) is 0. The monoisotopic (exact) mass is 317 g/mol. The van der Waals surface area contributed by atoms with Gasteiger partial charge in [-0.25, -0.2) is 13.4 Å². The fraction of sp³-hybridized carbons (Fsp3) is 0.727. The highest BCUT2D eigenvalue weighted by molar-refractivity contribution is 7.89. The first kappa shape index (κ1) is 15.9. The zero-order chi connectivity index (χ0) is 15.3. The number of rotatable bonds is 6. The highest BCUT2D eigenvalue weighted by atomic mass is 32.2. The maximum absolute atomic E-state index is 12.1. The van der Waals surface area contributed by atoms with Crippen LogP contribution in [0.1, 0.15) is 12.2 Å². The molecule has 10 heteroatoms. The van der Waals surface area contributed by atoms with Crippen molar-refractivity contribution in [3.8, 4) is 0 Å². The predicted octanol–water partition coefficient (Wildman–Crippen LogP) is -1.18. The van der Waals surface area contributed by atoms with Crippen LogP contribution >= 0.6 is 0 Å². The minimum atomic E-state index is -3.40. The van der Waals surface area contributed by atoms with Crippen molar-refractivity contribution in [2.24, 2.45) is 0 Å². The number of morpholine rings is 1. The molecular weight excluding hydrogens is 298 g/mol. The van der Waals surface area contributed by atoms with Gasteiger partial charge < -0.3 is 9.64 Å². The quantitative estimate of drug-likeness (QED) is 0.707. The van der Waals surface area contributed by atoms with Gasteiger partial charge in [-0.2, -0.15) is 9.40 Å². The molecule has 1 aromatic heterocycles. The maximum atomic E-state index is 12.1. The van der Waals surface area contributed by atoms with Gasteiger partial charge in [0.2, 0.25) is 15.9 Å². The first-order valence-electron chi connectivity index (χ1n) is 6.63. The predicted molar refractivity (Wildman–Crippen MR) is 73.7 cm³/mol. The van der Waals surface area contributed by atoms with E-state index in [1.807, 2.05) is 0 Å². The molecule has 2 heterocycles. The van der Waals surface area contributed by atoms with Crippen LogP contribution in [-0.2, 0) is 26.1 Å². The minimum Gasteiger partial charge on any atom is -0.379 e. The van der Waals surface area contributed by atoms with Gasteiger partial charge in [-0.1, -0.05) is 0 Å². The molecule has 0 saturated carbocycles. The van der Waals surface area contributed by atoms with Gasteiger partial charge in [-0.3, -0.25) is 9.89 Å². The molecule has 1 saturated heterocycles. The van der Waals surface area contributed by atoms with E-state index in [9.17, 15) is 13.2 Å². The molecule has 0 atom stereocenters. The maximum Gasteiger partial charge on any atom is 0.223 e. The summed E-state index contributed by atoms with van der Waals surface area (Å²) < 4.78 is 30.7. The highest BCUT2D eigenvalue weighted by Gasteiger charge is 2.25. The molecule has 118 valence electrons. The van der Waals surface area contributed by atoms with Crippen LogP contribution in [0, 0.1) is 0 Å². The third kappa shape index (κ3) is 4.48. The molecule has 0 aromatic carbocycles. The zero-order valence-electron chi connectivity index (χ0n) is 11.9. The minimum absolute atomic E-state index is 0.0513. The molecule has 9 nitrogen and oxygen atoms in total. The van der Waals surface area contributed by atoms with Gasteiger partial charge >= 0.3 is 0 Å². The number of aromatic amines is 1. The molecule has 1 amide bonds. The lowest BCUT2D eigenvalue weighted by Gasteiger charge is -2.26. The van der Waals surface area contributed by atoms with E-state index in [0.29, 0.717) is 32.1 Å². The Kier molecular flexibility index (Phi) is 5.26. The Labute approximate surface area is 123 Å². The third-order valence-corrected chi connectivity index (χ3v) is 5.09. The number of hydrogen-bond donors (Lipinski definition) is 1. The first-order chi connectivity index (χ1) is 9.99. The molecule has 0 unspecified atom stereocenters. The summed E-state index contributed by atoms with van der Waals surface area (Å²) in [5, 5.41) is 6.34. The summed E-state index contributed by atoms with van der Waals surface area (Å²) in [4.78, 5) is 17.3. The third-order valence-electron chi connectivity index (χ3n) is 3.21. The molecule has 0 bridgehead atoms. The van der Waals surface area contributed by atoms with E-state index in [0.717, 1.165) is 0 Å². The molecule has 1 fully saturated rings. The lowest BCUT2D eigenvalue weighted by molar-refractivity contribution is -0.130. The van der Waals surface area contributed by atoms with Gasteiger partial charge in [0.15, 0.2) is 0 Å².